The molecule has 1 aromatic carbocycles. The van der Waals surface area contributed by atoms with Crippen molar-refractivity contribution in [2.75, 3.05) is 0 Å². The molecule has 5 nitrogen and oxygen atoms in total. The largest absolute Gasteiger partial charge is 0.361 e. The molecule has 24 heavy (non-hydrogen) atoms. The summed E-state index contributed by atoms with van der Waals surface area (Å²) in [4.78, 5) is 8.09. The Morgan fingerprint density at radius 1 is 0.958 bits per heavy atom. The minimum Gasteiger partial charge on any atom is -0.361 e. The molecule has 0 saturated heterocycles. The summed E-state index contributed by atoms with van der Waals surface area (Å²) >= 11 is 0. The second-order valence-electron chi connectivity index (χ2n) is 5.61. The van der Waals surface area contributed by atoms with Crippen molar-refractivity contribution < 1.29 is 0 Å². The summed E-state index contributed by atoms with van der Waals surface area (Å²) in [6.45, 7) is 3.72. The maximum atomic E-state index is 9.58. The van der Waals surface area contributed by atoms with Crippen molar-refractivity contribution in [1.29, 1.82) is 10.5 Å². The molecule has 0 unspecified atom stereocenters. The van der Waals surface area contributed by atoms with E-state index in [9.17, 15) is 10.5 Å². The molecule has 0 amide bonds. The van der Waals surface area contributed by atoms with Crippen molar-refractivity contribution in [2.45, 2.75) is 19.8 Å². The van der Waals surface area contributed by atoms with Crippen molar-refractivity contribution in [3.8, 4) is 23.3 Å². The zero-order chi connectivity index (χ0) is 17.1. The van der Waals surface area contributed by atoms with Gasteiger partial charge in [0.05, 0.1) is 29.2 Å². The fourth-order valence-corrected chi connectivity index (χ4v) is 2.97. The number of nitriles is 2. The molecular weight excluding hydrogens is 298 g/mol. The van der Waals surface area contributed by atoms with Crippen molar-refractivity contribution in [3.63, 3.8) is 0 Å². The minimum absolute atomic E-state index is 0.356. The molecule has 1 aliphatic heterocycles. The average molecular weight is 313 g/mol. The lowest BCUT2D eigenvalue weighted by Gasteiger charge is -2.26. The van der Waals surface area contributed by atoms with Gasteiger partial charge < -0.3 is 5.32 Å². The van der Waals surface area contributed by atoms with E-state index in [1.807, 2.05) is 38.1 Å². The number of nitrogens with zero attached hydrogens (tertiary/aromatic N) is 4. The zero-order valence-corrected chi connectivity index (χ0v) is 13.4. The summed E-state index contributed by atoms with van der Waals surface area (Å²) in [7, 11) is 0. The second-order valence-corrected chi connectivity index (χ2v) is 5.61. The maximum Gasteiger partial charge on any atom is 0.115 e. The summed E-state index contributed by atoms with van der Waals surface area (Å²) in [5, 5.41) is 22.3. The van der Waals surface area contributed by atoms with E-state index in [4.69, 9.17) is 0 Å². The van der Waals surface area contributed by atoms with E-state index in [0.717, 1.165) is 28.1 Å². The quantitative estimate of drug-likeness (QED) is 0.918. The molecule has 2 aromatic rings. The highest BCUT2D eigenvalue weighted by Gasteiger charge is 2.29. The van der Waals surface area contributed by atoms with Gasteiger partial charge in [0, 0.05) is 29.4 Å². The molecule has 1 N–H and O–H groups in total. The van der Waals surface area contributed by atoms with Crippen LogP contribution in [0.2, 0.25) is 0 Å². The summed E-state index contributed by atoms with van der Waals surface area (Å²) in [5.41, 5.74) is 5.46. The van der Waals surface area contributed by atoms with Gasteiger partial charge in [-0.3, -0.25) is 0 Å². The molecule has 0 bridgehead atoms. The van der Waals surface area contributed by atoms with Crippen LogP contribution in [0, 0.1) is 22.7 Å². The predicted octanol–water partition coefficient (Wildman–Crippen LogP) is 3.43. The molecule has 0 atom stereocenters. The van der Waals surface area contributed by atoms with Crippen LogP contribution in [0.1, 0.15) is 25.3 Å². The lowest BCUT2D eigenvalue weighted by Crippen LogP contribution is -2.23. The SMILES string of the molecule is CC1=C(C#N)C(c2cccc(-c3cncnc3)c2)C(C#N)=C(C)N1. The fraction of sp³-hybridized carbons (Fsp3) is 0.158. The molecule has 1 aromatic heterocycles. The standard InChI is InChI=1S/C19H15N5/c1-12-17(7-20)19(18(8-21)13(2)24-12)15-5-3-4-14(6-15)16-9-22-11-23-10-16/h3-6,9-11,19,24H,1-2H3. The van der Waals surface area contributed by atoms with E-state index in [-0.39, 0.29) is 5.92 Å². The van der Waals surface area contributed by atoms with Gasteiger partial charge in [0.1, 0.15) is 6.33 Å². The van der Waals surface area contributed by atoms with Crippen molar-refractivity contribution in [2.24, 2.45) is 0 Å². The van der Waals surface area contributed by atoms with Gasteiger partial charge in [-0.1, -0.05) is 24.3 Å². The van der Waals surface area contributed by atoms with Gasteiger partial charge in [0.15, 0.2) is 0 Å². The Hall–Kier alpha value is -3.44. The Morgan fingerprint density at radius 2 is 1.58 bits per heavy atom. The van der Waals surface area contributed by atoms with E-state index < -0.39 is 0 Å². The summed E-state index contributed by atoms with van der Waals surface area (Å²) < 4.78 is 0. The Labute approximate surface area is 140 Å². The van der Waals surface area contributed by atoms with Crippen LogP contribution in [-0.2, 0) is 0 Å². The van der Waals surface area contributed by atoms with Crippen molar-refractivity contribution in [3.05, 3.63) is 71.1 Å². The summed E-state index contributed by atoms with van der Waals surface area (Å²) in [6.07, 6.45) is 4.97. The average Bonchev–Trinajstić information content (AvgIpc) is 2.62. The molecule has 0 fully saturated rings. The Bertz CT molecular complexity index is 890. The topological polar surface area (TPSA) is 85.4 Å². The normalized spacial score (nSPS) is 14.8. The molecular formula is C19H15N5. The Balaban J connectivity index is 2.15. The minimum atomic E-state index is -0.356. The third-order valence-corrected chi connectivity index (χ3v) is 4.12. The van der Waals surface area contributed by atoms with Crippen LogP contribution in [0.5, 0.6) is 0 Å². The number of rotatable bonds is 2. The number of benzene rings is 1. The fourth-order valence-electron chi connectivity index (χ4n) is 2.97. The third kappa shape index (κ3) is 2.64. The highest BCUT2D eigenvalue weighted by atomic mass is 14.9. The van der Waals surface area contributed by atoms with Crippen LogP contribution in [0.25, 0.3) is 11.1 Å². The molecule has 1 aliphatic rings. The predicted molar refractivity (Wildman–Crippen MR) is 90.0 cm³/mol. The third-order valence-electron chi connectivity index (χ3n) is 4.12. The van der Waals surface area contributed by atoms with Crippen molar-refractivity contribution in [1.82, 2.24) is 15.3 Å². The van der Waals surface area contributed by atoms with E-state index in [2.05, 4.69) is 27.4 Å². The molecule has 0 aliphatic carbocycles. The number of dihydropyridines is 1. The first kappa shape index (κ1) is 15.5. The van der Waals surface area contributed by atoms with Gasteiger partial charge in [0.2, 0.25) is 0 Å². The zero-order valence-electron chi connectivity index (χ0n) is 13.4. The first-order chi connectivity index (χ1) is 11.7. The number of aromatic nitrogens is 2. The van der Waals surface area contributed by atoms with Gasteiger partial charge >= 0.3 is 0 Å². The van der Waals surface area contributed by atoms with Gasteiger partial charge in [-0.05, 0) is 25.0 Å². The van der Waals surface area contributed by atoms with Gasteiger partial charge in [0.25, 0.3) is 0 Å². The highest BCUT2D eigenvalue weighted by molar-refractivity contribution is 5.65. The smallest absolute Gasteiger partial charge is 0.115 e. The molecule has 3 rings (SSSR count). The Kier molecular flexibility index (Phi) is 4.09. The second kappa shape index (κ2) is 6.36. The van der Waals surface area contributed by atoms with E-state index >= 15 is 0 Å². The molecule has 2 heterocycles. The lowest BCUT2D eigenvalue weighted by molar-refractivity contribution is 0.814. The number of hydrogen-bond acceptors (Lipinski definition) is 5. The van der Waals surface area contributed by atoms with Gasteiger partial charge in [-0.15, -0.1) is 0 Å². The van der Waals surface area contributed by atoms with Crippen LogP contribution in [0.15, 0.2) is 65.5 Å². The van der Waals surface area contributed by atoms with Crippen LogP contribution in [0.4, 0.5) is 0 Å². The first-order valence-electron chi connectivity index (χ1n) is 7.49. The number of allylic oxidation sites excluding steroid dienone is 4. The van der Waals surface area contributed by atoms with Crippen LogP contribution >= 0.6 is 0 Å². The number of nitrogens with one attached hydrogen (secondary N) is 1. The molecule has 0 saturated carbocycles. The number of hydrogen-bond donors (Lipinski definition) is 1. The summed E-state index contributed by atoms with van der Waals surface area (Å²) in [6, 6.07) is 12.3. The van der Waals surface area contributed by atoms with Crippen molar-refractivity contribution >= 4 is 0 Å². The lowest BCUT2D eigenvalue weighted by atomic mass is 9.81. The van der Waals surface area contributed by atoms with E-state index in [0.29, 0.717) is 11.1 Å². The monoisotopic (exact) mass is 313 g/mol. The maximum absolute atomic E-state index is 9.58. The molecule has 0 spiro atoms. The van der Waals surface area contributed by atoms with Crippen LogP contribution < -0.4 is 5.32 Å². The summed E-state index contributed by atoms with van der Waals surface area (Å²) in [5.74, 6) is -0.356. The van der Waals surface area contributed by atoms with Crippen LogP contribution in [-0.4, -0.2) is 9.97 Å². The highest BCUT2D eigenvalue weighted by Crippen LogP contribution is 2.38. The first-order valence-corrected chi connectivity index (χ1v) is 7.49. The van der Waals surface area contributed by atoms with Gasteiger partial charge in [-0.2, -0.15) is 10.5 Å². The van der Waals surface area contributed by atoms with E-state index in [1.54, 1.807) is 12.4 Å². The molecule has 5 heteroatoms. The van der Waals surface area contributed by atoms with Gasteiger partial charge in [-0.25, -0.2) is 9.97 Å². The Morgan fingerprint density at radius 3 is 2.17 bits per heavy atom. The van der Waals surface area contributed by atoms with E-state index in [1.165, 1.54) is 6.33 Å². The molecule has 116 valence electrons. The van der Waals surface area contributed by atoms with Crippen LogP contribution in [0.3, 0.4) is 0 Å². The molecule has 0 radical (unpaired) electrons.